The van der Waals surface area contributed by atoms with Crippen molar-refractivity contribution in [3.05, 3.63) is 35.3 Å². The number of fused-ring (bicyclic) bond motifs is 2. The molecule has 1 N–H and O–H groups in total. The number of pyridine rings is 1. The lowest BCUT2D eigenvalue weighted by atomic mass is 10.0. The highest BCUT2D eigenvalue weighted by Crippen LogP contribution is 2.32. The van der Waals surface area contributed by atoms with E-state index in [2.05, 4.69) is 12.2 Å². The van der Waals surface area contributed by atoms with E-state index in [0.717, 1.165) is 36.0 Å². The molecule has 1 aliphatic carbocycles. The number of nitrogens with zero attached hydrogens (tertiary/aromatic N) is 1. The molecule has 0 aliphatic heterocycles. The van der Waals surface area contributed by atoms with Crippen LogP contribution < -0.4 is 5.32 Å². The number of rotatable bonds is 2. The first-order chi connectivity index (χ1) is 9.29. The van der Waals surface area contributed by atoms with E-state index in [1.807, 2.05) is 6.07 Å². The molecule has 0 atom stereocenters. The van der Waals surface area contributed by atoms with Crippen molar-refractivity contribution in [2.24, 2.45) is 0 Å². The zero-order valence-corrected chi connectivity index (χ0v) is 11.3. The standard InChI is InChI=1S/C16H19FN2/c1-2-18-16-12-6-4-3-5-7-14(12)19-15-10-11(17)8-9-13(15)16/h8-10H,2-7H2,1H3,(H,18,19). The number of benzene rings is 1. The van der Waals surface area contributed by atoms with E-state index in [-0.39, 0.29) is 5.82 Å². The Bertz CT molecular complexity index is 607. The fourth-order valence-corrected chi connectivity index (χ4v) is 2.95. The van der Waals surface area contributed by atoms with Crippen LogP contribution in [0.15, 0.2) is 18.2 Å². The van der Waals surface area contributed by atoms with E-state index < -0.39 is 0 Å². The number of aromatic nitrogens is 1. The van der Waals surface area contributed by atoms with Crippen molar-refractivity contribution >= 4 is 16.6 Å². The van der Waals surface area contributed by atoms with Crippen LogP contribution in [0.4, 0.5) is 10.1 Å². The smallest absolute Gasteiger partial charge is 0.125 e. The number of nitrogens with one attached hydrogen (secondary N) is 1. The quantitative estimate of drug-likeness (QED) is 0.821. The zero-order valence-electron chi connectivity index (χ0n) is 11.3. The molecule has 0 unspecified atom stereocenters. The SMILES string of the molecule is CCNc1c2c(nc3cc(F)ccc13)CCCCC2. The molecule has 0 spiro atoms. The van der Waals surface area contributed by atoms with E-state index in [9.17, 15) is 4.39 Å². The zero-order chi connectivity index (χ0) is 13.2. The third-order valence-corrected chi connectivity index (χ3v) is 3.83. The second-order valence-electron chi connectivity index (χ2n) is 5.16. The van der Waals surface area contributed by atoms with Crippen LogP contribution in [0.3, 0.4) is 0 Å². The number of hydrogen-bond acceptors (Lipinski definition) is 2. The Morgan fingerprint density at radius 1 is 1.21 bits per heavy atom. The number of hydrogen-bond donors (Lipinski definition) is 1. The summed E-state index contributed by atoms with van der Waals surface area (Å²) >= 11 is 0. The van der Waals surface area contributed by atoms with Gasteiger partial charge in [-0.3, -0.25) is 4.98 Å². The van der Waals surface area contributed by atoms with E-state index in [0.29, 0.717) is 0 Å². The minimum atomic E-state index is -0.212. The topological polar surface area (TPSA) is 24.9 Å². The van der Waals surface area contributed by atoms with Gasteiger partial charge in [0.1, 0.15) is 5.82 Å². The number of anilines is 1. The summed E-state index contributed by atoms with van der Waals surface area (Å²) in [6.07, 6.45) is 5.76. The van der Waals surface area contributed by atoms with Gasteiger partial charge in [-0.1, -0.05) is 6.42 Å². The Morgan fingerprint density at radius 2 is 2.05 bits per heavy atom. The number of aryl methyl sites for hydroxylation is 1. The lowest BCUT2D eigenvalue weighted by Crippen LogP contribution is -2.06. The molecule has 1 aliphatic rings. The molecule has 0 saturated heterocycles. The average Bonchev–Trinajstić information content (AvgIpc) is 2.63. The van der Waals surface area contributed by atoms with Gasteiger partial charge in [0.2, 0.25) is 0 Å². The normalized spacial score (nSPS) is 15.1. The summed E-state index contributed by atoms with van der Waals surface area (Å²) in [5.41, 5.74) is 4.45. The lowest BCUT2D eigenvalue weighted by molar-refractivity contribution is 0.629. The molecule has 100 valence electrons. The van der Waals surface area contributed by atoms with E-state index in [1.54, 1.807) is 6.07 Å². The predicted molar refractivity (Wildman–Crippen MR) is 77.1 cm³/mol. The summed E-state index contributed by atoms with van der Waals surface area (Å²) in [6.45, 7) is 2.97. The van der Waals surface area contributed by atoms with Gasteiger partial charge in [-0.15, -0.1) is 0 Å². The van der Waals surface area contributed by atoms with Crippen molar-refractivity contribution in [1.29, 1.82) is 0 Å². The van der Waals surface area contributed by atoms with Crippen LogP contribution in [-0.4, -0.2) is 11.5 Å². The Kier molecular flexibility index (Phi) is 3.36. The van der Waals surface area contributed by atoms with Gasteiger partial charge in [0.05, 0.1) is 5.52 Å². The minimum Gasteiger partial charge on any atom is -0.384 e. The molecule has 2 aromatic rings. The minimum absolute atomic E-state index is 0.212. The highest BCUT2D eigenvalue weighted by atomic mass is 19.1. The molecule has 3 rings (SSSR count). The lowest BCUT2D eigenvalue weighted by Gasteiger charge is -2.16. The molecule has 0 saturated carbocycles. The molecule has 1 aromatic carbocycles. The summed E-state index contributed by atoms with van der Waals surface area (Å²) in [4.78, 5) is 4.70. The maximum atomic E-state index is 13.4. The molecular weight excluding hydrogens is 239 g/mol. The maximum Gasteiger partial charge on any atom is 0.125 e. The van der Waals surface area contributed by atoms with Crippen molar-refractivity contribution in [2.45, 2.75) is 39.0 Å². The van der Waals surface area contributed by atoms with E-state index in [1.165, 1.54) is 36.6 Å². The first-order valence-corrected chi connectivity index (χ1v) is 7.14. The third-order valence-electron chi connectivity index (χ3n) is 3.83. The Balaban J connectivity index is 2.26. The molecule has 1 heterocycles. The van der Waals surface area contributed by atoms with Crippen LogP contribution in [0.2, 0.25) is 0 Å². The van der Waals surface area contributed by atoms with Crippen LogP contribution >= 0.6 is 0 Å². The van der Waals surface area contributed by atoms with Crippen LogP contribution in [-0.2, 0) is 12.8 Å². The van der Waals surface area contributed by atoms with Crippen molar-refractivity contribution in [3.63, 3.8) is 0 Å². The third kappa shape index (κ3) is 2.29. The van der Waals surface area contributed by atoms with Gasteiger partial charge < -0.3 is 5.32 Å². The Hall–Kier alpha value is -1.64. The van der Waals surface area contributed by atoms with Gasteiger partial charge in [-0.05, 0) is 50.3 Å². The van der Waals surface area contributed by atoms with Crippen molar-refractivity contribution in [1.82, 2.24) is 4.98 Å². The van der Waals surface area contributed by atoms with E-state index in [4.69, 9.17) is 4.98 Å². The molecule has 0 bridgehead atoms. The second-order valence-corrected chi connectivity index (χ2v) is 5.16. The van der Waals surface area contributed by atoms with Gasteiger partial charge in [-0.25, -0.2) is 4.39 Å². The largest absolute Gasteiger partial charge is 0.384 e. The van der Waals surface area contributed by atoms with Crippen LogP contribution in [0, 0.1) is 5.82 Å². The fourth-order valence-electron chi connectivity index (χ4n) is 2.95. The predicted octanol–water partition coefficient (Wildman–Crippen LogP) is 4.07. The highest BCUT2D eigenvalue weighted by Gasteiger charge is 2.16. The molecule has 0 amide bonds. The van der Waals surface area contributed by atoms with Crippen LogP contribution in [0.5, 0.6) is 0 Å². The Morgan fingerprint density at radius 3 is 2.89 bits per heavy atom. The van der Waals surface area contributed by atoms with Crippen molar-refractivity contribution < 1.29 is 4.39 Å². The van der Waals surface area contributed by atoms with E-state index >= 15 is 0 Å². The van der Waals surface area contributed by atoms with Gasteiger partial charge in [0.25, 0.3) is 0 Å². The van der Waals surface area contributed by atoms with Crippen molar-refractivity contribution in [2.75, 3.05) is 11.9 Å². The van der Waals surface area contributed by atoms with Crippen LogP contribution in [0.1, 0.15) is 37.4 Å². The average molecular weight is 258 g/mol. The Labute approximate surface area is 113 Å². The monoisotopic (exact) mass is 258 g/mol. The summed E-state index contributed by atoms with van der Waals surface area (Å²) in [5, 5.41) is 4.51. The summed E-state index contributed by atoms with van der Waals surface area (Å²) < 4.78 is 13.4. The van der Waals surface area contributed by atoms with Crippen LogP contribution in [0.25, 0.3) is 10.9 Å². The molecular formula is C16H19FN2. The second kappa shape index (κ2) is 5.16. The van der Waals surface area contributed by atoms with Crippen molar-refractivity contribution in [3.8, 4) is 0 Å². The summed E-state index contributed by atoms with van der Waals surface area (Å²) in [7, 11) is 0. The van der Waals surface area contributed by atoms with Gasteiger partial charge >= 0.3 is 0 Å². The molecule has 0 fully saturated rings. The highest BCUT2D eigenvalue weighted by molar-refractivity contribution is 5.93. The summed E-state index contributed by atoms with van der Waals surface area (Å²) in [6, 6.07) is 4.91. The molecule has 1 aromatic heterocycles. The molecule has 0 radical (unpaired) electrons. The molecule has 3 heteroatoms. The first-order valence-electron chi connectivity index (χ1n) is 7.14. The van der Waals surface area contributed by atoms with Gasteiger partial charge in [0.15, 0.2) is 0 Å². The van der Waals surface area contributed by atoms with Gasteiger partial charge in [0, 0.05) is 29.4 Å². The van der Waals surface area contributed by atoms with Gasteiger partial charge in [-0.2, -0.15) is 0 Å². The first kappa shape index (κ1) is 12.4. The fraction of sp³-hybridized carbons (Fsp3) is 0.438. The molecule has 19 heavy (non-hydrogen) atoms. The number of halogens is 1. The summed E-state index contributed by atoms with van der Waals surface area (Å²) in [5.74, 6) is -0.212. The maximum absolute atomic E-state index is 13.4. The molecule has 2 nitrogen and oxygen atoms in total.